The number of aromatic nitrogens is 2. The van der Waals surface area contributed by atoms with Gasteiger partial charge in [-0.3, -0.25) is 4.90 Å². The van der Waals surface area contributed by atoms with E-state index in [-0.39, 0.29) is 12.3 Å². The Kier molecular flexibility index (Phi) is 4.32. The fourth-order valence-electron chi connectivity index (χ4n) is 2.06. The van der Waals surface area contributed by atoms with E-state index in [1.165, 1.54) is 11.3 Å². The van der Waals surface area contributed by atoms with Gasteiger partial charge in [0.2, 0.25) is 10.3 Å². The zero-order valence-corrected chi connectivity index (χ0v) is 12.9. The van der Waals surface area contributed by atoms with Crippen molar-refractivity contribution in [2.45, 2.75) is 51.8 Å². The first-order valence-corrected chi connectivity index (χ1v) is 7.52. The van der Waals surface area contributed by atoms with Crippen LogP contribution in [0.15, 0.2) is 0 Å². The Labute approximate surface area is 122 Å². The van der Waals surface area contributed by atoms with E-state index in [4.69, 9.17) is 10.5 Å². The van der Waals surface area contributed by atoms with Gasteiger partial charge in [0.15, 0.2) is 0 Å². The average Bonchev–Trinajstić information content (AvgIpc) is 2.73. The average molecular weight is 299 g/mol. The van der Waals surface area contributed by atoms with Crippen LogP contribution in [0, 0.1) is 0 Å². The minimum absolute atomic E-state index is 0.119. The predicted molar refractivity (Wildman–Crippen MR) is 78.5 cm³/mol. The van der Waals surface area contributed by atoms with Gasteiger partial charge in [0.25, 0.3) is 0 Å². The second-order valence-corrected chi connectivity index (χ2v) is 6.78. The summed E-state index contributed by atoms with van der Waals surface area (Å²) in [5.41, 5.74) is 5.07. The molecule has 1 saturated heterocycles. The normalized spacial score (nSPS) is 19.8. The zero-order valence-electron chi connectivity index (χ0n) is 12.0. The van der Waals surface area contributed by atoms with Gasteiger partial charge in [-0.15, -0.1) is 10.2 Å². The van der Waals surface area contributed by atoms with Crippen LogP contribution in [0.1, 0.15) is 40.0 Å². The number of carbonyl (C=O) groups excluding carboxylic acids is 1. The van der Waals surface area contributed by atoms with Gasteiger partial charge in [-0.05, 0) is 40.0 Å². The smallest absolute Gasteiger partial charge is 0.411 e. The number of anilines is 2. The third kappa shape index (κ3) is 3.96. The van der Waals surface area contributed by atoms with E-state index in [1.807, 2.05) is 20.8 Å². The molecule has 1 atom stereocenters. The van der Waals surface area contributed by atoms with Crippen molar-refractivity contribution in [3.8, 4) is 0 Å². The summed E-state index contributed by atoms with van der Waals surface area (Å²) in [5.74, 6) is 0. The first-order chi connectivity index (χ1) is 9.35. The van der Waals surface area contributed by atoms with Crippen LogP contribution in [0.4, 0.5) is 15.1 Å². The third-order valence-electron chi connectivity index (χ3n) is 2.86. The molecule has 1 unspecified atom stereocenters. The molecular formula is C12H21N5O2S. The van der Waals surface area contributed by atoms with Crippen LogP contribution in [0.5, 0.6) is 0 Å². The SMILES string of the molecule is CC(C)(C)OC(=O)N1CCCCC1Nc1nnc(N)s1. The standard InChI is InChI=1S/C12H21N5O2S/c1-12(2,3)19-11(18)17-7-5-4-6-8(17)14-10-16-15-9(13)20-10/h8H,4-7H2,1-3H3,(H2,13,15)(H,14,16). The molecule has 0 saturated carbocycles. The van der Waals surface area contributed by atoms with E-state index in [0.29, 0.717) is 16.8 Å². The first-order valence-electron chi connectivity index (χ1n) is 6.70. The van der Waals surface area contributed by atoms with Crippen LogP contribution in [-0.4, -0.2) is 39.5 Å². The summed E-state index contributed by atoms with van der Waals surface area (Å²) in [7, 11) is 0. The van der Waals surface area contributed by atoms with Crippen LogP contribution >= 0.6 is 11.3 Å². The summed E-state index contributed by atoms with van der Waals surface area (Å²) in [6.45, 7) is 6.27. The van der Waals surface area contributed by atoms with Crippen LogP contribution in [-0.2, 0) is 4.74 Å². The number of nitrogens with zero attached hydrogens (tertiary/aromatic N) is 3. The molecule has 1 amide bonds. The lowest BCUT2D eigenvalue weighted by Crippen LogP contribution is -2.49. The number of carbonyl (C=O) groups is 1. The Bertz CT molecular complexity index is 471. The summed E-state index contributed by atoms with van der Waals surface area (Å²) in [6.07, 6.45) is 2.48. The predicted octanol–water partition coefficient (Wildman–Crippen LogP) is 2.28. The zero-order chi connectivity index (χ0) is 14.8. The van der Waals surface area contributed by atoms with Gasteiger partial charge in [-0.1, -0.05) is 11.3 Å². The van der Waals surface area contributed by atoms with Gasteiger partial charge in [0.05, 0.1) is 0 Å². The van der Waals surface area contributed by atoms with Crippen LogP contribution in [0.25, 0.3) is 0 Å². The molecule has 2 rings (SSSR count). The lowest BCUT2D eigenvalue weighted by Gasteiger charge is -2.36. The number of nitrogens with one attached hydrogen (secondary N) is 1. The van der Waals surface area contributed by atoms with Gasteiger partial charge in [-0.25, -0.2) is 4.79 Å². The molecule has 1 aromatic rings. The quantitative estimate of drug-likeness (QED) is 0.870. The van der Waals surface area contributed by atoms with Crippen LogP contribution in [0.3, 0.4) is 0 Å². The number of rotatable bonds is 2. The first kappa shape index (κ1) is 14.8. The molecule has 7 nitrogen and oxygen atoms in total. The molecule has 112 valence electrons. The molecule has 8 heteroatoms. The molecule has 1 aliphatic rings. The fourth-order valence-corrected chi connectivity index (χ4v) is 2.61. The summed E-state index contributed by atoms with van der Waals surface area (Å²) in [6, 6.07) is 0. The summed E-state index contributed by atoms with van der Waals surface area (Å²) < 4.78 is 5.44. The maximum Gasteiger partial charge on any atom is 0.411 e. The van der Waals surface area contributed by atoms with Crippen molar-refractivity contribution in [2.75, 3.05) is 17.6 Å². The summed E-state index contributed by atoms with van der Waals surface area (Å²) in [4.78, 5) is 13.9. The highest BCUT2D eigenvalue weighted by molar-refractivity contribution is 7.18. The number of nitrogen functional groups attached to an aromatic ring is 1. The molecule has 2 heterocycles. The molecule has 1 aromatic heterocycles. The van der Waals surface area contributed by atoms with Gasteiger partial charge >= 0.3 is 6.09 Å². The van der Waals surface area contributed by atoms with Gasteiger partial charge in [0.1, 0.15) is 11.8 Å². The third-order valence-corrected chi connectivity index (χ3v) is 3.55. The Morgan fingerprint density at radius 3 is 2.80 bits per heavy atom. The van der Waals surface area contributed by atoms with Crippen LogP contribution < -0.4 is 11.1 Å². The number of ether oxygens (including phenoxy) is 1. The van der Waals surface area contributed by atoms with E-state index >= 15 is 0 Å². The molecule has 0 aliphatic carbocycles. The highest BCUT2D eigenvalue weighted by atomic mass is 32.1. The molecule has 3 N–H and O–H groups in total. The van der Waals surface area contributed by atoms with Crippen molar-refractivity contribution < 1.29 is 9.53 Å². The van der Waals surface area contributed by atoms with Crippen molar-refractivity contribution in [1.29, 1.82) is 0 Å². The minimum atomic E-state index is -0.494. The molecule has 1 aliphatic heterocycles. The van der Waals surface area contributed by atoms with Crippen LogP contribution in [0.2, 0.25) is 0 Å². The van der Waals surface area contributed by atoms with E-state index in [9.17, 15) is 4.79 Å². The number of likely N-dealkylation sites (tertiary alicyclic amines) is 1. The van der Waals surface area contributed by atoms with Crippen molar-refractivity contribution in [1.82, 2.24) is 15.1 Å². The molecule has 20 heavy (non-hydrogen) atoms. The number of nitrogens with two attached hydrogens (primary N) is 1. The van der Waals surface area contributed by atoms with Crippen molar-refractivity contribution in [3.05, 3.63) is 0 Å². The molecule has 0 spiro atoms. The maximum absolute atomic E-state index is 12.2. The minimum Gasteiger partial charge on any atom is -0.444 e. The molecular weight excluding hydrogens is 278 g/mol. The number of hydrogen-bond acceptors (Lipinski definition) is 7. The number of piperidine rings is 1. The summed E-state index contributed by atoms with van der Waals surface area (Å²) in [5, 5.41) is 11.9. The van der Waals surface area contributed by atoms with Crippen molar-refractivity contribution in [3.63, 3.8) is 0 Å². The van der Waals surface area contributed by atoms with E-state index in [1.54, 1.807) is 4.90 Å². The molecule has 0 aromatic carbocycles. The van der Waals surface area contributed by atoms with E-state index in [0.717, 1.165) is 19.3 Å². The van der Waals surface area contributed by atoms with Gasteiger partial charge in [-0.2, -0.15) is 0 Å². The Balaban J connectivity index is 2.03. The Hall–Kier alpha value is -1.57. The fraction of sp³-hybridized carbons (Fsp3) is 0.750. The monoisotopic (exact) mass is 299 g/mol. The van der Waals surface area contributed by atoms with Crippen molar-refractivity contribution >= 4 is 27.7 Å². The van der Waals surface area contributed by atoms with Gasteiger partial charge < -0.3 is 15.8 Å². The van der Waals surface area contributed by atoms with E-state index in [2.05, 4.69) is 15.5 Å². The molecule has 1 fully saturated rings. The molecule has 0 bridgehead atoms. The Morgan fingerprint density at radius 1 is 1.45 bits per heavy atom. The second-order valence-electron chi connectivity index (χ2n) is 5.78. The summed E-state index contributed by atoms with van der Waals surface area (Å²) >= 11 is 1.27. The van der Waals surface area contributed by atoms with Crippen molar-refractivity contribution in [2.24, 2.45) is 0 Å². The second kappa shape index (κ2) is 5.82. The highest BCUT2D eigenvalue weighted by Crippen LogP contribution is 2.24. The Morgan fingerprint density at radius 2 is 2.20 bits per heavy atom. The number of amides is 1. The van der Waals surface area contributed by atoms with Gasteiger partial charge in [0, 0.05) is 6.54 Å². The topological polar surface area (TPSA) is 93.4 Å². The number of hydrogen-bond donors (Lipinski definition) is 2. The largest absolute Gasteiger partial charge is 0.444 e. The highest BCUT2D eigenvalue weighted by Gasteiger charge is 2.30. The lowest BCUT2D eigenvalue weighted by atomic mass is 10.1. The van der Waals surface area contributed by atoms with E-state index < -0.39 is 5.60 Å². The maximum atomic E-state index is 12.2. The lowest BCUT2D eigenvalue weighted by molar-refractivity contribution is 0.0130. The molecule has 0 radical (unpaired) electrons.